The molecule has 2 aliphatic rings. The molecule has 1 aliphatic heterocycles. The van der Waals surface area contributed by atoms with E-state index in [1.54, 1.807) is 0 Å². The Hall–Kier alpha value is -1.66. The molecule has 1 atom stereocenters. The van der Waals surface area contributed by atoms with Gasteiger partial charge in [-0.1, -0.05) is 32.1 Å². The monoisotopic (exact) mass is 390 g/mol. The lowest BCUT2D eigenvalue weighted by Crippen LogP contribution is -2.34. The van der Waals surface area contributed by atoms with Gasteiger partial charge in [-0.3, -0.25) is 4.79 Å². The molecule has 148 valence electrons. The van der Waals surface area contributed by atoms with Crippen molar-refractivity contribution in [1.82, 2.24) is 5.32 Å². The highest BCUT2D eigenvalue weighted by Crippen LogP contribution is 2.27. The Morgan fingerprint density at radius 3 is 2.59 bits per heavy atom. The molecule has 0 unspecified atom stereocenters. The minimum atomic E-state index is -0.00501. The topological polar surface area (TPSA) is 59.6 Å². The first-order valence-electron chi connectivity index (χ1n) is 10.1. The Bertz CT molecular complexity index is 608. The summed E-state index contributed by atoms with van der Waals surface area (Å²) >= 11 is 5.25. The van der Waals surface area contributed by atoms with Gasteiger partial charge in [0.25, 0.3) is 0 Å². The van der Waals surface area contributed by atoms with Crippen LogP contribution in [0.1, 0.15) is 57.8 Å². The maximum atomic E-state index is 12.1. The van der Waals surface area contributed by atoms with Crippen molar-refractivity contribution in [3.63, 3.8) is 0 Å². The van der Waals surface area contributed by atoms with Gasteiger partial charge in [-0.05, 0) is 61.7 Å². The summed E-state index contributed by atoms with van der Waals surface area (Å²) in [6.45, 7) is 1.42. The fourth-order valence-electron chi connectivity index (χ4n) is 3.76. The van der Waals surface area contributed by atoms with E-state index in [4.69, 9.17) is 21.7 Å². The number of rotatable bonds is 7. The van der Waals surface area contributed by atoms with Crippen molar-refractivity contribution < 1.29 is 14.3 Å². The lowest BCUT2D eigenvalue weighted by atomic mass is 9.86. The summed E-state index contributed by atoms with van der Waals surface area (Å²) in [6.07, 6.45) is 10.4. The number of anilines is 1. The molecule has 6 heteroatoms. The second-order valence-corrected chi connectivity index (χ2v) is 7.92. The minimum Gasteiger partial charge on any atom is -0.491 e. The van der Waals surface area contributed by atoms with Crippen LogP contribution >= 0.6 is 12.2 Å². The number of benzene rings is 1. The molecule has 1 saturated heterocycles. The van der Waals surface area contributed by atoms with E-state index < -0.39 is 0 Å². The summed E-state index contributed by atoms with van der Waals surface area (Å²) in [5, 5.41) is 6.18. The SMILES string of the molecule is O=C(CCC1CCCCC1)NC(=S)Nc1ccc(OC[C@@H]2CCCO2)cc1. The summed E-state index contributed by atoms with van der Waals surface area (Å²) in [5.41, 5.74) is 0.831. The smallest absolute Gasteiger partial charge is 0.226 e. The van der Waals surface area contributed by atoms with Crippen molar-refractivity contribution in [2.24, 2.45) is 5.92 Å². The zero-order valence-electron chi connectivity index (χ0n) is 15.9. The Kier molecular flexibility index (Phi) is 7.90. The summed E-state index contributed by atoms with van der Waals surface area (Å²) in [4.78, 5) is 12.1. The minimum absolute atomic E-state index is 0.00501. The summed E-state index contributed by atoms with van der Waals surface area (Å²) in [7, 11) is 0. The van der Waals surface area contributed by atoms with Crippen LogP contribution in [0.3, 0.4) is 0 Å². The second kappa shape index (κ2) is 10.6. The van der Waals surface area contributed by atoms with Gasteiger partial charge in [0.15, 0.2) is 5.11 Å². The first-order chi connectivity index (χ1) is 13.2. The van der Waals surface area contributed by atoms with E-state index in [2.05, 4.69) is 10.6 Å². The molecule has 1 saturated carbocycles. The third-order valence-corrected chi connectivity index (χ3v) is 5.53. The predicted octanol–water partition coefficient (Wildman–Crippen LogP) is 4.42. The van der Waals surface area contributed by atoms with Gasteiger partial charge in [-0.25, -0.2) is 0 Å². The molecular formula is C21H30N2O3S. The molecular weight excluding hydrogens is 360 g/mol. The number of hydrogen-bond donors (Lipinski definition) is 2. The molecule has 2 fully saturated rings. The number of hydrogen-bond acceptors (Lipinski definition) is 4. The van der Waals surface area contributed by atoms with Crippen molar-refractivity contribution in [2.45, 2.75) is 63.9 Å². The molecule has 1 amide bonds. The van der Waals surface area contributed by atoms with E-state index in [1.807, 2.05) is 24.3 Å². The fraction of sp³-hybridized carbons (Fsp3) is 0.619. The van der Waals surface area contributed by atoms with Crippen molar-refractivity contribution in [3.8, 4) is 5.75 Å². The van der Waals surface area contributed by atoms with Crippen LogP contribution in [-0.2, 0) is 9.53 Å². The van der Waals surface area contributed by atoms with Crippen LogP contribution in [0.4, 0.5) is 5.69 Å². The summed E-state index contributed by atoms with van der Waals surface area (Å²) in [5.74, 6) is 1.50. The Morgan fingerprint density at radius 1 is 1.11 bits per heavy atom. The molecule has 1 aromatic carbocycles. The molecule has 3 rings (SSSR count). The summed E-state index contributed by atoms with van der Waals surface area (Å²) < 4.78 is 11.3. The fourth-order valence-corrected chi connectivity index (χ4v) is 3.99. The highest BCUT2D eigenvalue weighted by molar-refractivity contribution is 7.80. The second-order valence-electron chi connectivity index (χ2n) is 7.52. The molecule has 1 aliphatic carbocycles. The third-order valence-electron chi connectivity index (χ3n) is 5.33. The van der Waals surface area contributed by atoms with Gasteiger partial charge >= 0.3 is 0 Å². The highest BCUT2D eigenvalue weighted by Gasteiger charge is 2.16. The van der Waals surface area contributed by atoms with Gasteiger partial charge in [0.2, 0.25) is 5.91 Å². The zero-order chi connectivity index (χ0) is 18.9. The number of nitrogens with one attached hydrogen (secondary N) is 2. The van der Waals surface area contributed by atoms with Gasteiger partial charge in [-0.2, -0.15) is 0 Å². The van der Waals surface area contributed by atoms with Crippen LogP contribution < -0.4 is 15.4 Å². The van der Waals surface area contributed by atoms with Crippen molar-refractivity contribution in [1.29, 1.82) is 0 Å². The molecule has 27 heavy (non-hydrogen) atoms. The largest absolute Gasteiger partial charge is 0.491 e. The molecule has 5 nitrogen and oxygen atoms in total. The van der Waals surface area contributed by atoms with Crippen LogP contribution in [0, 0.1) is 5.92 Å². The van der Waals surface area contributed by atoms with Crippen LogP contribution in [0.5, 0.6) is 5.75 Å². The van der Waals surface area contributed by atoms with Crippen molar-refractivity contribution in [2.75, 3.05) is 18.5 Å². The lowest BCUT2D eigenvalue weighted by Gasteiger charge is -2.21. The van der Waals surface area contributed by atoms with E-state index in [9.17, 15) is 4.79 Å². The van der Waals surface area contributed by atoms with E-state index >= 15 is 0 Å². The van der Waals surface area contributed by atoms with Gasteiger partial charge in [0.05, 0.1) is 6.10 Å². The quantitative estimate of drug-likeness (QED) is 0.675. The zero-order valence-corrected chi connectivity index (χ0v) is 16.7. The van der Waals surface area contributed by atoms with Crippen LogP contribution in [0.15, 0.2) is 24.3 Å². The average molecular weight is 391 g/mol. The normalized spacial score (nSPS) is 20.2. The predicted molar refractivity (Wildman–Crippen MR) is 111 cm³/mol. The van der Waals surface area contributed by atoms with E-state index in [0.29, 0.717) is 24.1 Å². The van der Waals surface area contributed by atoms with E-state index in [-0.39, 0.29) is 12.0 Å². The third kappa shape index (κ3) is 7.11. The number of thiocarbonyl (C=S) groups is 1. The maximum absolute atomic E-state index is 12.1. The molecule has 0 spiro atoms. The van der Waals surface area contributed by atoms with Crippen LogP contribution in [-0.4, -0.2) is 30.3 Å². The Labute approximate surface area is 167 Å². The first kappa shape index (κ1) is 20.1. The summed E-state index contributed by atoms with van der Waals surface area (Å²) in [6, 6.07) is 7.58. The molecule has 0 bridgehead atoms. The number of ether oxygens (including phenoxy) is 2. The van der Waals surface area contributed by atoms with Crippen molar-refractivity contribution >= 4 is 28.9 Å². The number of amides is 1. The van der Waals surface area contributed by atoms with Crippen molar-refractivity contribution in [3.05, 3.63) is 24.3 Å². The van der Waals surface area contributed by atoms with Crippen LogP contribution in [0.2, 0.25) is 0 Å². The number of carbonyl (C=O) groups is 1. The highest BCUT2D eigenvalue weighted by atomic mass is 32.1. The molecule has 2 N–H and O–H groups in total. The van der Waals surface area contributed by atoms with Gasteiger partial charge < -0.3 is 20.1 Å². The van der Waals surface area contributed by atoms with Gasteiger partial charge in [0, 0.05) is 18.7 Å². The standard InChI is InChI=1S/C21H30N2O3S/c24-20(13-8-16-5-2-1-3-6-16)23-21(27)22-17-9-11-18(12-10-17)26-15-19-7-4-14-25-19/h9-12,16,19H,1-8,13-15H2,(H2,22,23,24,27)/t19-/m0/s1. The average Bonchev–Trinajstić information content (AvgIpc) is 3.20. The molecule has 0 radical (unpaired) electrons. The molecule has 0 aromatic heterocycles. The van der Waals surface area contributed by atoms with E-state index in [0.717, 1.165) is 37.3 Å². The number of carbonyl (C=O) groups excluding carboxylic acids is 1. The molecule has 1 aromatic rings. The van der Waals surface area contributed by atoms with Gasteiger partial charge in [-0.15, -0.1) is 0 Å². The maximum Gasteiger partial charge on any atom is 0.226 e. The first-order valence-corrected chi connectivity index (χ1v) is 10.5. The lowest BCUT2D eigenvalue weighted by molar-refractivity contribution is -0.120. The Morgan fingerprint density at radius 2 is 1.89 bits per heavy atom. The van der Waals surface area contributed by atoms with E-state index in [1.165, 1.54) is 32.1 Å². The van der Waals surface area contributed by atoms with Crippen LogP contribution in [0.25, 0.3) is 0 Å². The van der Waals surface area contributed by atoms with Gasteiger partial charge in [0.1, 0.15) is 12.4 Å². The molecule has 1 heterocycles. The Balaban J connectivity index is 1.34.